The van der Waals surface area contributed by atoms with Crippen molar-refractivity contribution in [3.8, 4) is 5.75 Å². The van der Waals surface area contributed by atoms with Gasteiger partial charge in [-0.25, -0.2) is 0 Å². The number of dihydropyridines is 1. The van der Waals surface area contributed by atoms with Crippen LogP contribution < -0.4 is 10.1 Å². The Morgan fingerprint density at radius 2 is 2.07 bits per heavy atom. The second-order valence-corrected chi connectivity index (χ2v) is 6.61. The molecule has 0 aromatic heterocycles. The third-order valence-corrected chi connectivity index (χ3v) is 4.31. The van der Waals surface area contributed by atoms with E-state index in [2.05, 4.69) is 48.7 Å². The number of hydrogen-bond acceptors (Lipinski definition) is 4. The summed E-state index contributed by atoms with van der Waals surface area (Å²) in [7, 11) is 0. The maximum absolute atomic E-state index is 5.84. The summed E-state index contributed by atoms with van der Waals surface area (Å²) in [6, 6.07) is 8.20. The lowest BCUT2D eigenvalue weighted by Gasteiger charge is -2.15. The molecule has 4 nitrogen and oxygen atoms in total. The summed E-state index contributed by atoms with van der Waals surface area (Å²) >= 11 is 0. The van der Waals surface area contributed by atoms with Crippen LogP contribution in [-0.4, -0.2) is 19.9 Å². The fourth-order valence-corrected chi connectivity index (χ4v) is 2.92. The van der Waals surface area contributed by atoms with Gasteiger partial charge in [-0.3, -0.25) is 4.99 Å². The number of nitrogens with one attached hydrogen (secondary N) is 1. The number of hydrogen-bond donors (Lipinski definition) is 1. The van der Waals surface area contributed by atoms with E-state index in [0.717, 1.165) is 41.5 Å². The van der Waals surface area contributed by atoms with Gasteiger partial charge in [-0.15, -0.1) is 0 Å². The van der Waals surface area contributed by atoms with Crippen LogP contribution in [-0.2, 0) is 11.2 Å². The van der Waals surface area contributed by atoms with Crippen LogP contribution in [0.25, 0.3) is 0 Å². The number of nitrogens with zero attached hydrogens (tertiary/aromatic N) is 1. The molecule has 2 rings (SSSR count). The predicted molar refractivity (Wildman–Crippen MR) is 117 cm³/mol. The van der Waals surface area contributed by atoms with Crippen LogP contribution in [0.15, 0.2) is 89.1 Å². The SMILES string of the molecule is C=CC(/C(=C/C(C)Cc1ccc(OC2=CNCC=C2)cc1)OCC)=C(/C)N=C. The molecule has 0 saturated heterocycles. The van der Waals surface area contributed by atoms with E-state index in [1.54, 1.807) is 6.08 Å². The van der Waals surface area contributed by atoms with Gasteiger partial charge in [0.25, 0.3) is 0 Å². The molecule has 0 fully saturated rings. The van der Waals surface area contributed by atoms with Gasteiger partial charge in [-0.05, 0) is 62.8 Å². The summed E-state index contributed by atoms with van der Waals surface area (Å²) in [6.07, 6.45) is 10.7. The average Bonchev–Trinajstić information content (AvgIpc) is 2.70. The van der Waals surface area contributed by atoms with Gasteiger partial charge in [0.2, 0.25) is 0 Å². The highest BCUT2D eigenvalue weighted by molar-refractivity contribution is 5.42. The van der Waals surface area contributed by atoms with Crippen LogP contribution in [0.4, 0.5) is 0 Å². The monoisotopic (exact) mass is 378 g/mol. The number of allylic oxidation sites excluding steroid dienone is 4. The summed E-state index contributed by atoms with van der Waals surface area (Å²) in [5.74, 6) is 2.73. The van der Waals surface area contributed by atoms with E-state index in [1.165, 1.54) is 5.56 Å². The number of ether oxygens (including phenoxy) is 2. The van der Waals surface area contributed by atoms with Gasteiger partial charge in [-0.1, -0.05) is 37.8 Å². The molecule has 1 heterocycles. The number of aliphatic imine (C=N–C) groups is 1. The molecule has 0 aliphatic carbocycles. The van der Waals surface area contributed by atoms with E-state index >= 15 is 0 Å². The summed E-state index contributed by atoms with van der Waals surface area (Å²) in [6.45, 7) is 15.0. The molecule has 1 atom stereocenters. The Morgan fingerprint density at radius 1 is 1.32 bits per heavy atom. The van der Waals surface area contributed by atoms with E-state index in [9.17, 15) is 0 Å². The summed E-state index contributed by atoms with van der Waals surface area (Å²) < 4.78 is 11.7. The largest absolute Gasteiger partial charge is 0.494 e. The zero-order valence-electron chi connectivity index (χ0n) is 17.1. The quantitative estimate of drug-likeness (QED) is 0.340. The van der Waals surface area contributed by atoms with Gasteiger partial charge in [-0.2, -0.15) is 0 Å². The molecule has 1 aromatic rings. The first-order valence-electron chi connectivity index (χ1n) is 9.59. The zero-order valence-corrected chi connectivity index (χ0v) is 17.1. The molecule has 148 valence electrons. The lowest BCUT2D eigenvalue weighted by molar-refractivity contribution is 0.235. The first-order valence-corrected chi connectivity index (χ1v) is 9.59. The minimum Gasteiger partial charge on any atom is -0.494 e. The molecule has 0 spiro atoms. The molecule has 1 N–H and O–H groups in total. The van der Waals surface area contributed by atoms with Crippen LogP contribution in [0, 0.1) is 5.92 Å². The van der Waals surface area contributed by atoms with Crippen molar-refractivity contribution in [3.63, 3.8) is 0 Å². The van der Waals surface area contributed by atoms with Crippen molar-refractivity contribution in [1.29, 1.82) is 0 Å². The summed E-state index contributed by atoms with van der Waals surface area (Å²) in [5, 5.41) is 3.13. The molecule has 28 heavy (non-hydrogen) atoms. The van der Waals surface area contributed by atoms with Crippen LogP contribution in [0.2, 0.25) is 0 Å². The molecule has 0 saturated carbocycles. The predicted octanol–water partition coefficient (Wildman–Crippen LogP) is 5.33. The van der Waals surface area contributed by atoms with Gasteiger partial charge in [0.15, 0.2) is 0 Å². The molecular weight excluding hydrogens is 348 g/mol. The maximum Gasteiger partial charge on any atom is 0.142 e. The van der Waals surface area contributed by atoms with Crippen LogP contribution >= 0.6 is 0 Å². The Hall–Kier alpha value is -3.01. The smallest absolute Gasteiger partial charge is 0.142 e. The lowest BCUT2D eigenvalue weighted by Crippen LogP contribution is -2.11. The maximum atomic E-state index is 5.84. The fourth-order valence-electron chi connectivity index (χ4n) is 2.92. The standard InChI is InChI=1S/C24H30N2O2/c1-6-23(19(4)25-5)24(27-7-2)16-18(3)15-20-10-12-21(13-11-20)28-22-9-8-14-26-17-22/h6,8-13,16-18,26H,1,5,7,14-15H2,2-4H3/b23-19+,24-16-. The first-order chi connectivity index (χ1) is 13.6. The zero-order chi connectivity index (χ0) is 20.4. The minimum absolute atomic E-state index is 0.286. The minimum atomic E-state index is 0.286. The van der Waals surface area contributed by atoms with Crippen molar-refractivity contribution in [2.75, 3.05) is 13.2 Å². The van der Waals surface area contributed by atoms with Crippen LogP contribution in [0.1, 0.15) is 26.3 Å². The van der Waals surface area contributed by atoms with E-state index in [4.69, 9.17) is 9.47 Å². The normalized spacial score (nSPS) is 15.7. The van der Waals surface area contributed by atoms with E-state index in [-0.39, 0.29) is 5.92 Å². The van der Waals surface area contributed by atoms with Crippen LogP contribution in [0.3, 0.4) is 0 Å². The summed E-state index contributed by atoms with van der Waals surface area (Å²) in [5.41, 5.74) is 2.93. The number of benzene rings is 1. The van der Waals surface area contributed by atoms with Crippen molar-refractivity contribution in [2.45, 2.75) is 27.2 Å². The van der Waals surface area contributed by atoms with E-state index in [1.807, 2.05) is 44.3 Å². The van der Waals surface area contributed by atoms with Crippen LogP contribution in [0.5, 0.6) is 5.75 Å². The third-order valence-electron chi connectivity index (χ3n) is 4.31. The van der Waals surface area contributed by atoms with E-state index < -0.39 is 0 Å². The highest BCUT2D eigenvalue weighted by atomic mass is 16.5. The van der Waals surface area contributed by atoms with Crippen molar-refractivity contribution in [1.82, 2.24) is 5.32 Å². The Balaban J connectivity index is 2.07. The molecular formula is C24H30N2O2. The highest BCUT2D eigenvalue weighted by Crippen LogP contribution is 2.23. The van der Waals surface area contributed by atoms with Crippen molar-refractivity contribution >= 4 is 6.72 Å². The molecule has 4 heteroatoms. The van der Waals surface area contributed by atoms with Crippen molar-refractivity contribution in [2.24, 2.45) is 10.9 Å². The Labute approximate surface area is 168 Å². The van der Waals surface area contributed by atoms with Gasteiger partial charge >= 0.3 is 0 Å². The third kappa shape index (κ3) is 6.31. The first kappa shape index (κ1) is 21.3. The molecule has 1 aliphatic rings. The van der Waals surface area contributed by atoms with Crippen molar-refractivity contribution in [3.05, 3.63) is 89.7 Å². The van der Waals surface area contributed by atoms with Crippen molar-refractivity contribution < 1.29 is 9.47 Å². The summed E-state index contributed by atoms with van der Waals surface area (Å²) in [4.78, 5) is 4.02. The van der Waals surface area contributed by atoms with Gasteiger partial charge in [0.1, 0.15) is 17.3 Å². The fraction of sp³-hybridized carbons (Fsp3) is 0.292. The second kappa shape index (κ2) is 11.0. The van der Waals surface area contributed by atoms with Gasteiger partial charge in [0.05, 0.1) is 6.61 Å². The topological polar surface area (TPSA) is 42.8 Å². The molecule has 0 bridgehead atoms. The molecule has 0 radical (unpaired) electrons. The Kier molecular flexibility index (Phi) is 8.35. The molecule has 1 aromatic carbocycles. The van der Waals surface area contributed by atoms with E-state index in [0.29, 0.717) is 6.61 Å². The molecule has 0 amide bonds. The second-order valence-electron chi connectivity index (χ2n) is 6.61. The molecule has 1 aliphatic heterocycles. The van der Waals surface area contributed by atoms with Gasteiger partial charge < -0.3 is 14.8 Å². The van der Waals surface area contributed by atoms with Gasteiger partial charge in [0, 0.05) is 24.0 Å². The molecule has 1 unspecified atom stereocenters. The Bertz CT molecular complexity index is 798. The number of rotatable bonds is 10. The highest BCUT2D eigenvalue weighted by Gasteiger charge is 2.10. The average molecular weight is 379 g/mol. The lowest BCUT2D eigenvalue weighted by atomic mass is 9.98. The Morgan fingerprint density at radius 3 is 2.64 bits per heavy atom.